The van der Waals surface area contributed by atoms with Gasteiger partial charge in [-0.05, 0) is 25.8 Å². The molecule has 0 aromatic heterocycles. The lowest BCUT2D eigenvalue weighted by molar-refractivity contribution is -0.142. The molecule has 0 spiro atoms. The van der Waals surface area contributed by atoms with Crippen molar-refractivity contribution in [2.24, 2.45) is 17.2 Å². The molecule has 13 nitrogen and oxygen atoms in total. The molecule has 0 aliphatic carbocycles. The van der Waals surface area contributed by atoms with Crippen molar-refractivity contribution in [3.8, 4) is 0 Å². The van der Waals surface area contributed by atoms with Gasteiger partial charge in [0, 0.05) is 0 Å². The second kappa shape index (κ2) is 13.4. The number of amides is 4. The number of nitrogens with one attached hydrogen (secondary N) is 3. The van der Waals surface area contributed by atoms with Crippen molar-refractivity contribution >= 4 is 29.6 Å². The molecule has 3 atom stereocenters. The van der Waals surface area contributed by atoms with Gasteiger partial charge in [0.25, 0.3) is 0 Å². The standard InChI is InChI=1S/C15H28N6O7/c16-4-2-1-3-8(15(27)28)20-13(25)9(5-11(18)23)21-14(26)10(7-22)19-12(24)6-17/h8-10,22H,1-7,16-17H2,(H2,18,23)(H,19,24)(H,20,25)(H,21,26)(H,27,28). The van der Waals surface area contributed by atoms with Crippen molar-refractivity contribution in [3.63, 3.8) is 0 Å². The molecule has 0 bridgehead atoms. The van der Waals surface area contributed by atoms with E-state index >= 15 is 0 Å². The van der Waals surface area contributed by atoms with E-state index in [2.05, 4.69) is 16.0 Å². The highest BCUT2D eigenvalue weighted by Gasteiger charge is 2.30. The number of carbonyl (C=O) groups is 5. The number of carboxylic acid groups (broad SMARTS) is 1. The van der Waals surface area contributed by atoms with Crippen molar-refractivity contribution in [1.29, 1.82) is 0 Å². The van der Waals surface area contributed by atoms with E-state index in [1.807, 2.05) is 0 Å². The van der Waals surface area contributed by atoms with Crippen LogP contribution in [-0.4, -0.2) is 77.6 Å². The Balaban J connectivity index is 5.13. The smallest absolute Gasteiger partial charge is 0.326 e. The number of carboxylic acids is 1. The van der Waals surface area contributed by atoms with Gasteiger partial charge in [0.1, 0.15) is 18.1 Å². The van der Waals surface area contributed by atoms with Gasteiger partial charge in [0.2, 0.25) is 23.6 Å². The van der Waals surface area contributed by atoms with Crippen LogP contribution in [0.25, 0.3) is 0 Å². The Morgan fingerprint density at radius 3 is 1.89 bits per heavy atom. The average Bonchev–Trinajstić information content (AvgIpc) is 2.63. The summed E-state index contributed by atoms with van der Waals surface area (Å²) in [5, 5.41) is 24.9. The number of primary amides is 1. The molecule has 0 aliphatic heterocycles. The van der Waals surface area contributed by atoms with Crippen molar-refractivity contribution < 1.29 is 34.2 Å². The number of hydrogen-bond donors (Lipinski definition) is 8. The number of aliphatic hydroxyl groups excluding tert-OH is 1. The summed E-state index contributed by atoms with van der Waals surface area (Å²) in [6.07, 6.45) is 0.482. The lowest BCUT2D eigenvalue weighted by Crippen LogP contribution is -2.57. The summed E-state index contributed by atoms with van der Waals surface area (Å²) in [4.78, 5) is 58.3. The van der Waals surface area contributed by atoms with Crippen molar-refractivity contribution in [1.82, 2.24) is 16.0 Å². The summed E-state index contributed by atoms with van der Waals surface area (Å²) in [5.74, 6) is -4.87. The molecule has 28 heavy (non-hydrogen) atoms. The molecule has 0 heterocycles. The fraction of sp³-hybridized carbons (Fsp3) is 0.667. The van der Waals surface area contributed by atoms with Crippen LogP contribution in [0.2, 0.25) is 0 Å². The molecular formula is C15H28N6O7. The molecule has 0 radical (unpaired) electrons. The van der Waals surface area contributed by atoms with Crippen LogP contribution in [0.1, 0.15) is 25.7 Å². The first kappa shape index (κ1) is 25.2. The zero-order valence-corrected chi connectivity index (χ0v) is 15.3. The third-order valence-corrected chi connectivity index (χ3v) is 3.62. The Bertz CT molecular complexity index is 571. The van der Waals surface area contributed by atoms with E-state index in [1.54, 1.807) is 0 Å². The minimum atomic E-state index is -1.50. The first-order valence-corrected chi connectivity index (χ1v) is 8.58. The summed E-state index contributed by atoms with van der Waals surface area (Å²) in [6, 6.07) is -4.17. The van der Waals surface area contributed by atoms with Crippen molar-refractivity contribution in [2.45, 2.75) is 43.8 Å². The molecule has 13 heteroatoms. The maximum atomic E-state index is 12.4. The van der Waals surface area contributed by atoms with E-state index in [4.69, 9.17) is 17.2 Å². The molecule has 0 aromatic carbocycles. The minimum Gasteiger partial charge on any atom is -0.480 e. The minimum absolute atomic E-state index is 0.0985. The summed E-state index contributed by atoms with van der Waals surface area (Å²) in [6.45, 7) is -0.866. The zero-order chi connectivity index (χ0) is 21.7. The van der Waals surface area contributed by atoms with Gasteiger partial charge in [-0.3, -0.25) is 19.2 Å². The molecule has 0 aromatic rings. The van der Waals surface area contributed by atoms with Crippen LogP contribution in [0.15, 0.2) is 0 Å². The first-order valence-electron chi connectivity index (χ1n) is 8.58. The monoisotopic (exact) mass is 404 g/mol. The highest BCUT2D eigenvalue weighted by molar-refractivity contribution is 5.95. The molecule has 11 N–H and O–H groups in total. The maximum Gasteiger partial charge on any atom is 0.326 e. The average molecular weight is 404 g/mol. The number of nitrogens with two attached hydrogens (primary N) is 3. The third-order valence-electron chi connectivity index (χ3n) is 3.62. The normalized spacial score (nSPS) is 13.7. The van der Waals surface area contributed by atoms with Crippen LogP contribution in [-0.2, 0) is 24.0 Å². The quantitative estimate of drug-likeness (QED) is 0.130. The Morgan fingerprint density at radius 1 is 0.857 bits per heavy atom. The number of hydrogen-bond acceptors (Lipinski definition) is 8. The maximum absolute atomic E-state index is 12.4. The second-order valence-electron chi connectivity index (χ2n) is 5.92. The molecule has 0 saturated heterocycles. The van der Waals surface area contributed by atoms with Gasteiger partial charge in [-0.25, -0.2) is 4.79 Å². The van der Waals surface area contributed by atoms with Gasteiger partial charge in [-0.1, -0.05) is 0 Å². The van der Waals surface area contributed by atoms with Gasteiger partial charge in [0.05, 0.1) is 19.6 Å². The Kier molecular flexibility index (Phi) is 12.1. The van der Waals surface area contributed by atoms with E-state index in [0.717, 1.165) is 0 Å². The summed E-state index contributed by atoms with van der Waals surface area (Å²) < 4.78 is 0. The molecule has 0 rings (SSSR count). The number of unbranched alkanes of at least 4 members (excludes halogenated alkanes) is 1. The fourth-order valence-electron chi connectivity index (χ4n) is 2.15. The first-order chi connectivity index (χ1) is 13.2. The molecular weight excluding hydrogens is 376 g/mol. The lowest BCUT2D eigenvalue weighted by atomic mass is 10.1. The Labute approximate surface area is 161 Å². The largest absolute Gasteiger partial charge is 0.480 e. The molecule has 160 valence electrons. The highest BCUT2D eigenvalue weighted by Crippen LogP contribution is 2.03. The second-order valence-corrected chi connectivity index (χ2v) is 5.92. The van der Waals surface area contributed by atoms with Gasteiger partial charge in [0.15, 0.2) is 0 Å². The SMILES string of the molecule is NCCCCC(NC(=O)C(CC(N)=O)NC(=O)C(CO)NC(=O)CN)C(=O)O. The third kappa shape index (κ3) is 9.80. The van der Waals surface area contributed by atoms with Crippen LogP contribution in [0, 0.1) is 0 Å². The molecule has 4 amide bonds. The number of rotatable bonds is 14. The number of aliphatic hydroxyl groups is 1. The van der Waals surface area contributed by atoms with Crippen LogP contribution < -0.4 is 33.2 Å². The Morgan fingerprint density at radius 2 is 1.43 bits per heavy atom. The lowest BCUT2D eigenvalue weighted by Gasteiger charge is -2.23. The van der Waals surface area contributed by atoms with E-state index in [1.165, 1.54) is 0 Å². The number of carbonyl (C=O) groups excluding carboxylic acids is 4. The van der Waals surface area contributed by atoms with Crippen LogP contribution >= 0.6 is 0 Å². The molecule has 3 unspecified atom stereocenters. The van der Waals surface area contributed by atoms with Crippen LogP contribution in [0.4, 0.5) is 0 Å². The van der Waals surface area contributed by atoms with Gasteiger partial charge in [-0.15, -0.1) is 0 Å². The van der Waals surface area contributed by atoms with Gasteiger partial charge >= 0.3 is 5.97 Å². The molecule has 0 fully saturated rings. The predicted molar refractivity (Wildman–Crippen MR) is 96.3 cm³/mol. The highest BCUT2D eigenvalue weighted by atomic mass is 16.4. The Hall–Kier alpha value is -2.77. The summed E-state index contributed by atoms with van der Waals surface area (Å²) in [7, 11) is 0. The van der Waals surface area contributed by atoms with E-state index in [9.17, 15) is 34.2 Å². The van der Waals surface area contributed by atoms with Crippen LogP contribution in [0.5, 0.6) is 0 Å². The van der Waals surface area contributed by atoms with Crippen molar-refractivity contribution in [3.05, 3.63) is 0 Å². The van der Waals surface area contributed by atoms with E-state index in [-0.39, 0.29) is 6.42 Å². The van der Waals surface area contributed by atoms with E-state index < -0.39 is 67.3 Å². The van der Waals surface area contributed by atoms with Gasteiger partial charge < -0.3 is 43.4 Å². The zero-order valence-electron chi connectivity index (χ0n) is 15.3. The predicted octanol–water partition coefficient (Wildman–Crippen LogP) is -4.52. The summed E-state index contributed by atoms with van der Waals surface area (Å²) in [5.41, 5.74) is 15.5. The van der Waals surface area contributed by atoms with Gasteiger partial charge in [-0.2, -0.15) is 0 Å². The van der Waals surface area contributed by atoms with E-state index in [0.29, 0.717) is 19.4 Å². The topological polar surface area (TPSA) is 240 Å². The van der Waals surface area contributed by atoms with Crippen molar-refractivity contribution in [2.75, 3.05) is 19.7 Å². The summed E-state index contributed by atoms with van der Waals surface area (Å²) >= 11 is 0. The van der Waals surface area contributed by atoms with Crippen LogP contribution in [0.3, 0.4) is 0 Å². The number of aliphatic carboxylic acids is 1. The molecule has 0 aliphatic rings. The fourth-order valence-corrected chi connectivity index (χ4v) is 2.15. The molecule has 0 saturated carbocycles.